The number of aryl methyl sites for hydroxylation is 1. The Morgan fingerprint density at radius 3 is 2.48 bits per heavy atom. The van der Waals surface area contributed by atoms with Crippen LogP contribution < -0.4 is 10.2 Å². The summed E-state index contributed by atoms with van der Waals surface area (Å²) in [5, 5.41) is 7.52. The standard InChI is InChI=1S/C22H22ClF2N5O/c1-28-7-9-30(10-8-28)20-6-4-15(12-18(20)23)26-22(31)17-13-29(2)27-21(17)16-5-3-14(24)11-19(16)25/h3-6,11-13H,7-10H2,1-2H3,(H,26,31). The second kappa shape index (κ2) is 8.64. The van der Waals surface area contributed by atoms with Crippen molar-refractivity contribution in [2.24, 2.45) is 7.05 Å². The third kappa shape index (κ3) is 4.55. The van der Waals surface area contributed by atoms with Gasteiger partial charge in [0.25, 0.3) is 5.91 Å². The van der Waals surface area contributed by atoms with Gasteiger partial charge < -0.3 is 15.1 Å². The Hall–Kier alpha value is -2.97. The number of aromatic nitrogens is 2. The van der Waals surface area contributed by atoms with E-state index in [0.29, 0.717) is 10.7 Å². The van der Waals surface area contributed by atoms with E-state index in [1.165, 1.54) is 16.9 Å². The normalized spacial score (nSPS) is 14.7. The van der Waals surface area contributed by atoms with Crippen molar-refractivity contribution in [1.29, 1.82) is 0 Å². The predicted molar refractivity (Wildman–Crippen MR) is 118 cm³/mol. The van der Waals surface area contributed by atoms with Crippen molar-refractivity contribution >= 4 is 28.9 Å². The molecule has 31 heavy (non-hydrogen) atoms. The van der Waals surface area contributed by atoms with E-state index in [9.17, 15) is 13.6 Å². The van der Waals surface area contributed by atoms with Gasteiger partial charge in [-0.25, -0.2) is 8.78 Å². The smallest absolute Gasteiger partial charge is 0.259 e. The van der Waals surface area contributed by atoms with Gasteiger partial charge in [0.2, 0.25) is 0 Å². The third-order valence-corrected chi connectivity index (χ3v) is 5.61. The second-order valence-electron chi connectivity index (χ2n) is 7.60. The van der Waals surface area contributed by atoms with Gasteiger partial charge in [-0.15, -0.1) is 0 Å². The van der Waals surface area contributed by atoms with Crippen LogP contribution in [0.25, 0.3) is 11.3 Å². The number of piperazine rings is 1. The number of carbonyl (C=O) groups excluding carboxylic acids is 1. The molecular formula is C22H22ClF2N5O. The lowest BCUT2D eigenvalue weighted by Gasteiger charge is -2.34. The maximum absolute atomic E-state index is 14.3. The molecule has 9 heteroatoms. The maximum Gasteiger partial charge on any atom is 0.259 e. The molecule has 1 aliphatic heterocycles. The molecule has 1 saturated heterocycles. The van der Waals surface area contributed by atoms with Crippen LogP contribution in [0.1, 0.15) is 10.4 Å². The fourth-order valence-corrected chi connectivity index (χ4v) is 3.92. The molecule has 2 aromatic carbocycles. The van der Waals surface area contributed by atoms with Gasteiger partial charge in [0.15, 0.2) is 0 Å². The molecule has 0 aliphatic carbocycles. The molecule has 0 radical (unpaired) electrons. The van der Waals surface area contributed by atoms with Gasteiger partial charge in [0, 0.05) is 56.7 Å². The SMILES string of the molecule is CN1CCN(c2ccc(NC(=O)c3cn(C)nc3-c3ccc(F)cc3F)cc2Cl)CC1. The molecule has 1 aliphatic rings. The van der Waals surface area contributed by atoms with Crippen LogP contribution in [0.2, 0.25) is 5.02 Å². The number of carbonyl (C=O) groups is 1. The van der Waals surface area contributed by atoms with E-state index in [4.69, 9.17) is 11.6 Å². The Labute approximate surface area is 184 Å². The monoisotopic (exact) mass is 445 g/mol. The molecule has 0 bridgehead atoms. The molecule has 1 N–H and O–H groups in total. The summed E-state index contributed by atoms with van der Waals surface area (Å²) in [4.78, 5) is 17.4. The van der Waals surface area contributed by atoms with Gasteiger partial charge in [-0.3, -0.25) is 9.48 Å². The lowest BCUT2D eigenvalue weighted by molar-refractivity contribution is 0.102. The number of amides is 1. The Morgan fingerprint density at radius 1 is 1.06 bits per heavy atom. The Kier molecular flexibility index (Phi) is 5.93. The van der Waals surface area contributed by atoms with Crippen LogP contribution in [0.5, 0.6) is 0 Å². The number of halogens is 3. The Morgan fingerprint density at radius 2 is 1.81 bits per heavy atom. The van der Waals surface area contributed by atoms with E-state index in [1.807, 2.05) is 6.07 Å². The van der Waals surface area contributed by atoms with Crippen LogP contribution in [0.15, 0.2) is 42.6 Å². The number of rotatable bonds is 4. The summed E-state index contributed by atoms with van der Waals surface area (Å²) in [7, 11) is 3.71. The minimum Gasteiger partial charge on any atom is -0.368 e. The van der Waals surface area contributed by atoms with Gasteiger partial charge in [0.1, 0.15) is 17.3 Å². The highest BCUT2D eigenvalue weighted by Crippen LogP contribution is 2.31. The van der Waals surface area contributed by atoms with Crippen LogP contribution in [-0.4, -0.2) is 53.8 Å². The fourth-order valence-electron chi connectivity index (χ4n) is 3.62. The van der Waals surface area contributed by atoms with Crippen molar-refractivity contribution in [2.45, 2.75) is 0 Å². The molecule has 1 aromatic heterocycles. The third-order valence-electron chi connectivity index (χ3n) is 5.31. The summed E-state index contributed by atoms with van der Waals surface area (Å²) in [6.07, 6.45) is 1.49. The number of nitrogens with zero attached hydrogens (tertiary/aromatic N) is 4. The Bertz CT molecular complexity index is 1130. The molecule has 0 saturated carbocycles. The van der Waals surface area contributed by atoms with Crippen LogP contribution in [0.4, 0.5) is 20.2 Å². The van der Waals surface area contributed by atoms with Crippen LogP contribution >= 0.6 is 11.6 Å². The van der Waals surface area contributed by atoms with E-state index in [-0.39, 0.29) is 16.8 Å². The van der Waals surface area contributed by atoms with Gasteiger partial charge in [-0.2, -0.15) is 5.10 Å². The first-order chi connectivity index (χ1) is 14.8. The summed E-state index contributed by atoms with van der Waals surface area (Å²) in [5.74, 6) is -1.94. The summed E-state index contributed by atoms with van der Waals surface area (Å²) in [6, 6.07) is 8.53. The first kappa shape index (κ1) is 21.3. The van der Waals surface area contributed by atoms with Crippen molar-refractivity contribution in [1.82, 2.24) is 14.7 Å². The average molecular weight is 446 g/mol. The number of hydrogen-bond donors (Lipinski definition) is 1. The average Bonchev–Trinajstić information content (AvgIpc) is 3.10. The fraction of sp³-hybridized carbons (Fsp3) is 0.273. The molecule has 0 unspecified atom stereocenters. The molecule has 2 heterocycles. The van der Waals surface area contributed by atoms with Crippen molar-refractivity contribution in [3.05, 3.63) is 64.8 Å². The van der Waals surface area contributed by atoms with E-state index in [0.717, 1.165) is 44.0 Å². The largest absolute Gasteiger partial charge is 0.368 e. The van der Waals surface area contributed by atoms with E-state index in [2.05, 4.69) is 27.3 Å². The zero-order valence-electron chi connectivity index (χ0n) is 17.2. The summed E-state index contributed by atoms with van der Waals surface area (Å²) in [6.45, 7) is 3.67. The summed E-state index contributed by atoms with van der Waals surface area (Å²) in [5.41, 5.74) is 1.80. The van der Waals surface area contributed by atoms with Crippen molar-refractivity contribution in [3.63, 3.8) is 0 Å². The molecule has 3 aromatic rings. The number of likely N-dealkylation sites (N-methyl/N-ethyl adjacent to an activating group) is 1. The molecular weight excluding hydrogens is 424 g/mol. The lowest BCUT2D eigenvalue weighted by Crippen LogP contribution is -2.44. The molecule has 4 rings (SSSR count). The van der Waals surface area contributed by atoms with Crippen molar-refractivity contribution < 1.29 is 13.6 Å². The zero-order valence-corrected chi connectivity index (χ0v) is 18.0. The summed E-state index contributed by atoms with van der Waals surface area (Å²) >= 11 is 6.49. The number of benzene rings is 2. The van der Waals surface area contributed by atoms with Gasteiger partial charge in [0.05, 0.1) is 16.3 Å². The summed E-state index contributed by atoms with van der Waals surface area (Å²) < 4.78 is 29.0. The highest BCUT2D eigenvalue weighted by atomic mass is 35.5. The minimum atomic E-state index is -0.785. The number of anilines is 2. The lowest BCUT2D eigenvalue weighted by atomic mass is 10.1. The Balaban J connectivity index is 1.56. The van der Waals surface area contributed by atoms with Gasteiger partial charge in [-0.05, 0) is 37.4 Å². The number of hydrogen-bond acceptors (Lipinski definition) is 4. The molecule has 1 fully saturated rings. The molecule has 162 valence electrons. The highest BCUT2D eigenvalue weighted by molar-refractivity contribution is 6.33. The molecule has 1 amide bonds. The second-order valence-corrected chi connectivity index (χ2v) is 8.01. The van der Waals surface area contributed by atoms with E-state index >= 15 is 0 Å². The zero-order chi connectivity index (χ0) is 22.1. The maximum atomic E-state index is 14.3. The molecule has 6 nitrogen and oxygen atoms in total. The topological polar surface area (TPSA) is 53.4 Å². The van der Waals surface area contributed by atoms with Crippen LogP contribution in [0, 0.1) is 11.6 Å². The minimum absolute atomic E-state index is 0.0515. The number of nitrogens with one attached hydrogen (secondary N) is 1. The molecule has 0 spiro atoms. The van der Waals surface area contributed by atoms with Gasteiger partial charge in [-0.1, -0.05) is 11.6 Å². The first-order valence-corrected chi connectivity index (χ1v) is 10.2. The van der Waals surface area contributed by atoms with E-state index < -0.39 is 17.5 Å². The molecule has 0 atom stereocenters. The highest BCUT2D eigenvalue weighted by Gasteiger charge is 2.21. The first-order valence-electron chi connectivity index (χ1n) is 9.85. The predicted octanol–water partition coefficient (Wildman–Crippen LogP) is 4.02. The van der Waals surface area contributed by atoms with Crippen molar-refractivity contribution in [2.75, 3.05) is 43.4 Å². The van der Waals surface area contributed by atoms with E-state index in [1.54, 1.807) is 19.2 Å². The quantitative estimate of drug-likeness (QED) is 0.659. The van der Waals surface area contributed by atoms with Crippen molar-refractivity contribution in [3.8, 4) is 11.3 Å². The van der Waals surface area contributed by atoms with Gasteiger partial charge >= 0.3 is 0 Å². The van der Waals surface area contributed by atoms with Crippen LogP contribution in [0.3, 0.4) is 0 Å². The van der Waals surface area contributed by atoms with Crippen LogP contribution in [-0.2, 0) is 7.05 Å².